The van der Waals surface area contributed by atoms with Crippen LogP contribution in [0.15, 0.2) is 30.5 Å². The fraction of sp³-hybridized carbons (Fsp3) is 0.467. The van der Waals surface area contributed by atoms with Crippen LogP contribution in [0.5, 0.6) is 0 Å². The molecule has 0 spiro atoms. The number of hydrogen-bond donors (Lipinski definition) is 1. The van der Waals surface area contributed by atoms with E-state index in [-0.39, 0.29) is 6.04 Å². The average Bonchev–Trinajstić information content (AvgIpc) is 2.92. The highest BCUT2D eigenvalue weighted by Gasteiger charge is 2.26. The fourth-order valence-corrected chi connectivity index (χ4v) is 3.40. The molecule has 23 heavy (non-hydrogen) atoms. The molecule has 3 rings (SSSR count). The third kappa shape index (κ3) is 4.15. The summed E-state index contributed by atoms with van der Waals surface area (Å²) < 4.78 is 27.2. The first-order valence-electron chi connectivity index (χ1n) is 7.52. The normalized spacial score (nSPS) is 18.8. The summed E-state index contributed by atoms with van der Waals surface area (Å²) in [6.45, 7) is 4.57. The second-order valence-corrected chi connectivity index (χ2v) is 7.81. The third-order valence-electron chi connectivity index (χ3n) is 3.87. The van der Waals surface area contributed by atoms with Crippen LogP contribution < -0.4 is 4.72 Å². The third-order valence-corrected chi connectivity index (χ3v) is 4.56. The molecule has 0 saturated heterocycles. The smallest absolute Gasteiger partial charge is 0.208 e. The van der Waals surface area contributed by atoms with Gasteiger partial charge in [0.15, 0.2) is 0 Å². The van der Waals surface area contributed by atoms with Gasteiger partial charge in [0.2, 0.25) is 10.0 Å². The van der Waals surface area contributed by atoms with Crippen LogP contribution in [0.2, 0.25) is 0 Å². The molecule has 0 aromatic carbocycles. The molecule has 2 aromatic rings. The van der Waals surface area contributed by atoms with Gasteiger partial charge in [-0.15, -0.1) is 0 Å². The molecular formula is C15H21N5O2S. The van der Waals surface area contributed by atoms with Gasteiger partial charge in [0.05, 0.1) is 23.7 Å². The summed E-state index contributed by atoms with van der Waals surface area (Å²) in [5.41, 5.74) is 3.11. The topological polar surface area (TPSA) is 80.1 Å². The Morgan fingerprint density at radius 3 is 2.91 bits per heavy atom. The van der Waals surface area contributed by atoms with E-state index >= 15 is 0 Å². The van der Waals surface area contributed by atoms with Gasteiger partial charge >= 0.3 is 0 Å². The minimum atomic E-state index is -3.21. The zero-order chi connectivity index (χ0) is 16.4. The van der Waals surface area contributed by atoms with E-state index in [4.69, 9.17) is 0 Å². The first kappa shape index (κ1) is 16.1. The molecular weight excluding hydrogens is 314 g/mol. The number of aromatic nitrogens is 3. The Kier molecular flexibility index (Phi) is 4.47. The molecule has 0 amide bonds. The number of nitrogens with one attached hydrogen (secondary N) is 1. The molecule has 0 saturated carbocycles. The minimum absolute atomic E-state index is 0.0201. The van der Waals surface area contributed by atoms with Crippen molar-refractivity contribution in [2.75, 3.05) is 19.3 Å². The number of pyridine rings is 1. The van der Waals surface area contributed by atoms with E-state index in [1.165, 1.54) is 6.26 Å². The van der Waals surface area contributed by atoms with Crippen molar-refractivity contribution >= 4 is 10.0 Å². The Morgan fingerprint density at radius 1 is 1.35 bits per heavy atom. The van der Waals surface area contributed by atoms with Crippen LogP contribution in [0.3, 0.4) is 0 Å². The Balaban J connectivity index is 1.74. The highest BCUT2D eigenvalue weighted by Crippen LogP contribution is 2.21. The van der Waals surface area contributed by atoms with Crippen molar-refractivity contribution in [3.05, 3.63) is 47.5 Å². The monoisotopic (exact) mass is 335 g/mol. The van der Waals surface area contributed by atoms with E-state index in [0.29, 0.717) is 6.54 Å². The van der Waals surface area contributed by atoms with Crippen molar-refractivity contribution in [2.24, 2.45) is 0 Å². The van der Waals surface area contributed by atoms with Gasteiger partial charge in [-0.3, -0.25) is 14.6 Å². The SMILES string of the molecule is Cc1cccc(CN2Cc3ccnn3[C@@H](CNS(C)(=O)=O)C2)n1. The number of fused-ring (bicyclic) bond motifs is 1. The molecule has 2 aromatic heterocycles. The number of aryl methyl sites for hydroxylation is 1. The number of sulfonamides is 1. The Morgan fingerprint density at radius 2 is 2.17 bits per heavy atom. The Hall–Kier alpha value is -1.77. The maximum Gasteiger partial charge on any atom is 0.208 e. The summed E-state index contributed by atoms with van der Waals surface area (Å²) in [7, 11) is -3.21. The van der Waals surface area contributed by atoms with E-state index < -0.39 is 10.0 Å². The summed E-state index contributed by atoms with van der Waals surface area (Å²) in [5, 5.41) is 4.33. The summed E-state index contributed by atoms with van der Waals surface area (Å²) >= 11 is 0. The highest BCUT2D eigenvalue weighted by molar-refractivity contribution is 7.88. The number of rotatable bonds is 5. The average molecular weight is 335 g/mol. The summed E-state index contributed by atoms with van der Waals surface area (Å²) in [5.74, 6) is 0. The number of nitrogens with zero attached hydrogens (tertiary/aromatic N) is 4. The van der Waals surface area contributed by atoms with Gasteiger partial charge < -0.3 is 0 Å². The predicted molar refractivity (Wildman–Crippen MR) is 87.2 cm³/mol. The Labute approximate surface area is 136 Å². The van der Waals surface area contributed by atoms with Crippen molar-refractivity contribution in [1.82, 2.24) is 24.4 Å². The quantitative estimate of drug-likeness (QED) is 0.870. The maximum absolute atomic E-state index is 11.4. The van der Waals surface area contributed by atoms with Gasteiger partial charge in [-0.25, -0.2) is 13.1 Å². The highest BCUT2D eigenvalue weighted by atomic mass is 32.2. The van der Waals surface area contributed by atoms with Crippen LogP contribution in [0.4, 0.5) is 0 Å². The lowest BCUT2D eigenvalue weighted by Gasteiger charge is -2.33. The lowest BCUT2D eigenvalue weighted by atomic mass is 10.2. The van der Waals surface area contributed by atoms with Gasteiger partial charge in [0, 0.05) is 38.1 Å². The van der Waals surface area contributed by atoms with Crippen molar-refractivity contribution in [3.8, 4) is 0 Å². The van der Waals surface area contributed by atoms with E-state index in [1.807, 2.05) is 35.9 Å². The first-order chi connectivity index (χ1) is 10.9. The maximum atomic E-state index is 11.4. The van der Waals surface area contributed by atoms with Crippen LogP contribution in [-0.4, -0.2) is 47.4 Å². The zero-order valence-electron chi connectivity index (χ0n) is 13.3. The van der Waals surface area contributed by atoms with Crippen LogP contribution in [-0.2, 0) is 23.1 Å². The Bertz CT molecular complexity index is 787. The second kappa shape index (κ2) is 6.38. The minimum Gasteiger partial charge on any atom is -0.290 e. The van der Waals surface area contributed by atoms with E-state index in [9.17, 15) is 8.42 Å². The van der Waals surface area contributed by atoms with Crippen molar-refractivity contribution in [2.45, 2.75) is 26.1 Å². The molecule has 3 heterocycles. The second-order valence-electron chi connectivity index (χ2n) is 5.98. The standard InChI is InChI=1S/C15H21N5O2S/c1-12-4-3-5-13(18-12)9-19-10-14-6-7-16-20(14)15(11-19)8-17-23(2,21)22/h3-7,15,17H,8-11H2,1-2H3/t15-/m0/s1. The van der Waals surface area contributed by atoms with E-state index in [2.05, 4.69) is 19.7 Å². The molecule has 0 fully saturated rings. The lowest BCUT2D eigenvalue weighted by molar-refractivity contribution is 0.166. The molecule has 1 N–H and O–H groups in total. The van der Waals surface area contributed by atoms with Crippen molar-refractivity contribution < 1.29 is 8.42 Å². The molecule has 124 valence electrons. The number of hydrogen-bond acceptors (Lipinski definition) is 5. The fourth-order valence-electron chi connectivity index (χ4n) is 2.90. The first-order valence-corrected chi connectivity index (χ1v) is 9.42. The predicted octanol–water partition coefficient (Wildman–Crippen LogP) is 0.693. The van der Waals surface area contributed by atoms with Gasteiger partial charge in [-0.2, -0.15) is 5.10 Å². The molecule has 1 aliphatic rings. The van der Waals surface area contributed by atoms with Crippen LogP contribution in [0, 0.1) is 6.92 Å². The summed E-state index contributed by atoms with van der Waals surface area (Å²) in [6, 6.07) is 7.96. The molecule has 8 heteroatoms. The summed E-state index contributed by atoms with van der Waals surface area (Å²) in [4.78, 5) is 6.82. The molecule has 0 radical (unpaired) electrons. The van der Waals surface area contributed by atoms with Gasteiger partial charge in [0.25, 0.3) is 0 Å². The van der Waals surface area contributed by atoms with Crippen LogP contribution in [0.25, 0.3) is 0 Å². The van der Waals surface area contributed by atoms with Gasteiger partial charge in [-0.05, 0) is 25.1 Å². The van der Waals surface area contributed by atoms with Gasteiger partial charge in [0.1, 0.15) is 0 Å². The molecule has 0 bridgehead atoms. The molecule has 1 atom stereocenters. The zero-order valence-corrected chi connectivity index (χ0v) is 14.1. The molecule has 1 aliphatic heterocycles. The van der Waals surface area contributed by atoms with Gasteiger partial charge in [-0.1, -0.05) is 6.07 Å². The summed E-state index contributed by atoms with van der Waals surface area (Å²) in [6.07, 6.45) is 2.94. The molecule has 0 aliphatic carbocycles. The van der Waals surface area contributed by atoms with Crippen molar-refractivity contribution in [1.29, 1.82) is 0 Å². The largest absolute Gasteiger partial charge is 0.290 e. The van der Waals surface area contributed by atoms with Crippen LogP contribution >= 0.6 is 0 Å². The van der Waals surface area contributed by atoms with Crippen molar-refractivity contribution in [3.63, 3.8) is 0 Å². The van der Waals surface area contributed by atoms with Crippen LogP contribution in [0.1, 0.15) is 23.1 Å². The molecule has 7 nitrogen and oxygen atoms in total. The lowest BCUT2D eigenvalue weighted by Crippen LogP contribution is -2.42. The van der Waals surface area contributed by atoms with E-state index in [1.54, 1.807) is 6.20 Å². The van der Waals surface area contributed by atoms with E-state index in [0.717, 1.165) is 36.7 Å². The molecule has 0 unspecified atom stereocenters.